The van der Waals surface area contributed by atoms with Gasteiger partial charge in [-0.1, -0.05) is 50.1 Å². The van der Waals surface area contributed by atoms with Crippen LogP contribution in [0.1, 0.15) is 58.0 Å². The van der Waals surface area contributed by atoms with E-state index in [1.54, 1.807) is 6.07 Å². The van der Waals surface area contributed by atoms with Crippen LogP contribution in [0, 0.1) is 23.7 Å². The first kappa shape index (κ1) is 24.7. The Labute approximate surface area is 212 Å². The number of aliphatic hydroxyl groups excluding tert-OH is 1. The molecule has 2 aliphatic heterocycles. The third-order valence-electron chi connectivity index (χ3n) is 8.02. The molecule has 2 fully saturated rings. The van der Waals surface area contributed by atoms with Gasteiger partial charge in [0.15, 0.2) is 0 Å². The first-order valence-corrected chi connectivity index (χ1v) is 13.1. The molecule has 6 heteroatoms. The number of furan rings is 1. The smallest absolute Gasteiger partial charge is 0.238 e. The second-order valence-electron chi connectivity index (χ2n) is 10.4. The number of amides is 2. The average molecular weight is 490 g/mol. The first-order chi connectivity index (χ1) is 17.4. The molecule has 1 N–H and O–H groups in total. The Hall–Kier alpha value is -2.96. The van der Waals surface area contributed by atoms with Crippen molar-refractivity contribution in [1.82, 2.24) is 0 Å². The van der Waals surface area contributed by atoms with Gasteiger partial charge in [0.25, 0.3) is 0 Å². The molecule has 2 saturated heterocycles. The fraction of sp³-hybridized carbons (Fsp3) is 0.467. The fourth-order valence-corrected chi connectivity index (χ4v) is 6.22. The van der Waals surface area contributed by atoms with Gasteiger partial charge in [0.05, 0.1) is 30.2 Å². The number of aliphatic hydroxyl groups is 1. The summed E-state index contributed by atoms with van der Waals surface area (Å²) in [5.41, 5.74) is 4.47. The normalized spacial score (nSPS) is 26.2. The zero-order chi connectivity index (χ0) is 25.4. The van der Waals surface area contributed by atoms with Crippen LogP contribution in [0.25, 0.3) is 6.08 Å². The van der Waals surface area contributed by atoms with Gasteiger partial charge in [-0.25, -0.2) is 0 Å². The van der Waals surface area contributed by atoms with Gasteiger partial charge in [0, 0.05) is 5.92 Å². The Morgan fingerprint density at radius 1 is 1.11 bits per heavy atom. The maximum absolute atomic E-state index is 13.6. The summed E-state index contributed by atoms with van der Waals surface area (Å²) < 4.78 is 12.0. The van der Waals surface area contributed by atoms with Crippen LogP contribution in [0.5, 0.6) is 0 Å². The summed E-state index contributed by atoms with van der Waals surface area (Å²) in [6.45, 7) is 6.87. The van der Waals surface area contributed by atoms with E-state index in [2.05, 4.69) is 26.8 Å². The molecule has 0 saturated carbocycles. The van der Waals surface area contributed by atoms with Crippen LogP contribution in [-0.4, -0.2) is 29.6 Å². The SMILES string of the molecule is CC/C(=C\c1ccc(CO)o1)CC[C@H]1OC[C@H]2C1=C(C(C)C)C[C@H]1C(=O)N(c3ccccc3)C(=O)[C@H]12. The Bertz CT molecular complexity index is 1190. The van der Waals surface area contributed by atoms with Crippen LogP contribution in [0.4, 0.5) is 5.69 Å². The number of anilines is 1. The molecule has 4 atom stereocenters. The van der Waals surface area contributed by atoms with Crippen molar-refractivity contribution in [3.63, 3.8) is 0 Å². The van der Waals surface area contributed by atoms with Crippen LogP contribution in [0.15, 0.2) is 63.6 Å². The minimum absolute atomic E-state index is 0.0393. The molecule has 2 aromatic rings. The molecular weight excluding hydrogens is 454 g/mol. The highest BCUT2D eigenvalue weighted by molar-refractivity contribution is 6.22. The molecule has 2 amide bonds. The molecule has 1 aromatic heterocycles. The van der Waals surface area contributed by atoms with Gasteiger partial charge in [-0.2, -0.15) is 0 Å². The van der Waals surface area contributed by atoms with E-state index in [1.807, 2.05) is 36.4 Å². The van der Waals surface area contributed by atoms with E-state index in [0.29, 0.717) is 30.4 Å². The topological polar surface area (TPSA) is 80.0 Å². The quantitative estimate of drug-likeness (QED) is 0.390. The molecule has 190 valence electrons. The largest absolute Gasteiger partial charge is 0.459 e. The molecule has 0 radical (unpaired) electrons. The Balaban J connectivity index is 1.38. The van der Waals surface area contributed by atoms with E-state index in [1.165, 1.54) is 21.6 Å². The highest BCUT2D eigenvalue weighted by Crippen LogP contribution is 2.51. The molecule has 3 heterocycles. The number of nitrogens with zero attached hydrogens (tertiary/aromatic N) is 1. The second-order valence-corrected chi connectivity index (χ2v) is 10.4. The lowest BCUT2D eigenvalue weighted by Gasteiger charge is -2.33. The maximum atomic E-state index is 13.6. The van der Waals surface area contributed by atoms with Gasteiger partial charge >= 0.3 is 0 Å². The van der Waals surface area contributed by atoms with Crippen LogP contribution in [-0.2, 0) is 20.9 Å². The highest BCUT2D eigenvalue weighted by Gasteiger charge is 2.57. The summed E-state index contributed by atoms with van der Waals surface area (Å²) in [6, 6.07) is 13.0. The van der Waals surface area contributed by atoms with E-state index in [4.69, 9.17) is 9.15 Å². The molecule has 1 aromatic carbocycles. The van der Waals surface area contributed by atoms with Crippen molar-refractivity contribution < 1.29 is 23.8 Å². The number of rotatable bonds is 8. The minimum Gasteiger partial charge on any atom is -0.459 e. The summed E-state index contributed by atoms with van der Waals surface area (Å²) in [5.74, 6) is 0.747. The number of allylic oxidation sites excluding steroid dienone is 2. The van der Waals surface area contributed by atoms with Gasteiger partial charge in [-0.3, -0.25) is 14.5 Å². The summed E-state index contributed by atoms with van der Waals surface area (Å²) in [5, 5.41) is 9.27. The van der Waals surface area contributed by atoms with E-state index >= 15 is 0 Å². The Kier molecular flexibility index (Phi) is 7.00. The second kappa shape index (κ2) is 10.2. The molecule has 36 heavy (non-hydrogen) atoms. The average Bonchev–Trinajstić information content (AvgIpc) is 3.58. The fourth-order valence-electron chi connectivity index (χ4n) is 6.22. The predicted octanol–water partition coefficient (Wildman–Crippen LogP) is 5.52. The number of carbonyl (C=O) groups is 2. The maximum Gasteiger partial charge on any atom is 0.238 e. The van der Waals surface area contributed by atoms with E-state index in [-0.39, 0.29) is 42.3 Å². The third kappa shape index (κ3) is 4.37. The van der Waals surface area contributed by atoms with Crippen molar-refractivity contribution >= 4 is 23.6 Å². The first-order valence-electron chi connectivity index (χ1n) is 13.1. The highest BCUT2D eigenvalue weighted by atomic mass is 16.5. The number of carbonyl (C=O) groups excluding carboxylic acids is 2. The zero-order valence-corrected chi connectivity index (χ0v) is 21.3. The summed E-state index contributed by atoms with van der Waals surface area (Å²) in [7, 11) is 0. The van der Waals surface area contributed by atoms with Gasteiger partial charge in [0.2, 0.25) is 11.8 Å². The molecule has 1 aliphatic carbocycles. The third-order valence-corrected chi connectivity index (χ3v) is 8.02. The summed E-state index contributed by atoms with van der Waals surface area (Å²) in [4.78, 5) is 28.5. The number of hydrogen-bond acceptors (Lipinski definition) is 5. The lowest BCUT2D eigenvalue weighted by atomic mass is 9.67. The van der Waals surface area contributed by atoms with Crippen molar-refractivity contribution in [3.8, 4) is 0 Å². The van der Waals surface area contributed by atoms with Crippen molar-refractivity contribution in [2.45, 2.75) is 59.2 Å². The Morgan fingerprint density at radius 2 is 1.89 bits per heavy atom. The number of imide groups is 1. The number of ether oxygens (including phenoxy) is 1. The molecule has 0 spiro atoms. The van der Waals surface area contributed by atoms with E-state index in [0.717, 1.165) is 25.0 Å². The van der Waals surface area contributed by atoms with Gasteiger partial charge in [0.1, 0.15) is 18.1 Å². The van der Waals surface area contributed by atoms with Crippen LogP contribution in [0.3, 0.4) is 0 Å². The van der Waals surface area contributed by atoms with Crippen molar-refractivity contribution in [2.24, 2.45) is 23.7 Å². The van der Waals surface area contributed by atoms with Crippen molar-refractivity contribution in [1.29, 1.82) is 0 Å². The van der Waals surface area contributed by atoms with Crippen LogP contribution in [0.2, 0.25) is 0 Å². The van der Waals surface area contributed by atoms with Gasteiger partial charge in [-0.15, -0.1) is 0 Å². The van der Waals surface area contributed by atoms with Gasteiger partial charge < -0.3 is 14.3 Å². The van der Waals surface area contributed by atoms with Crippen LogP contribution >= 0.6 is 0 Å². The zero-order valence-electron chi connectivity index (χ0n) is 21.3. The number of fused-ring (bicyclic) bond motifs is 3. The molecular formula is C30H35NO5. The monoisotopic (exact) mass is 489 g/mol. The lowest BCUT2D eigenvalue weighted by Crippen LogP contribution is -2.35. The van der Waals surface area contributed by atoms with Crippen molar-refractivity contribution in [2.75, 3.05) is 11.5 Å². The number of para-hydroxylation sites is 1. The lowest BCUT2D eigenvalue weighted by molar-refractivity contribution is -0.122. The summed E-state index contributed by atoms with van der Waals surface area (Å²) >= 11 is 0. The molecule has 0 bridgehead atoms. The summed E-state index contributed by atoms with van der Waals surface area (Å²) in [6.07, 6.45) is 5.23. The van der Waals surface area contributed by atoms with Crippen LogP contribution < -0.4 is 4.90 Å². The molecule has 5 rings (SSSR count). The number of benzene rings is 1. The predicted molar refractivity (Wildman–Crippen MR) is 138 cm³/mol. The number of hydrogen-bond donors (Lipinski definition) is 1. The van der Waals surface area contributed by atoms with Gasteiger partial charge in [-0.05, 0) is 67.5 Å². The standard InChI is InChI=1S/C30H35NO5/c1-4-19(14-21-11-12-22(16-32)36-21)10-13-26-27-23(18(2)3)15-24-28(25(27)17-35-26)30(34)31(29(24)33)20-8-6-5-7-9-20/h5-9,11-12,14,18,24-26,28,32H,4,10,13,15-17H2,1-3H3/b19-14+/t24-,25+,26-,28-/m1/s1. The Morgan fingerprint density at radius 3 is 2.56 bits per heavy atom. The molecule has 0 unspecified atom stereocenters. The molecule has 6 nitrogen and oxygen atoms in total. The molecule has 3 aliphatic rings. The minimum atomic E-state index is -0.346. The van der Waals surface area contributed by atoms with Crippen molar-refractivity contribution in [3.05, 3.63) is 70.7 Å². The van der Waals surface area contributed by atoms with E-state index in [9.17, 15) is 14.7 Å². The van der Waals surface area contributed by atoms with E-state index < -0.39 is 0 Å².